The van der Waals surface area contributed by atoms with Crippen LogP contribution in [0.4, 0.5) is 10.5 Å². The van der Waals surface area contributed by atoms with Crippen LogP contribution in [0.25, 0.3) is 0 Å². The summed E-state index contributed by atoms with van der Waals surface area (Å²) in [5.41, 5.74) is 0.320. The van der Waals surface area contributed by atoms with Crippen molar-refractivity contribution in [2.45, 2.75) is 33.0 Å². The lowest BCUT2D eigenvalue weighted by molar-refractivity contribution is 0.0445. The smallest absolute Gasteiger partial charge is 0.440 e. The third kappa shape index (κ3) is 6.42. The van der Waals surface area contributed by atoms with Gasteiger partial charge in [0, 0.05) is 7.11 Å². The maximum absolute atomic E-state index is 12.1. The number of ether oxygens (including phenoxy) is 2. The van der Waals surface area contributed by atoms with Gasteiger partial charge in [0.25, 0.3) is 10.1 Å². The molecule has 0 saturated heterocycles. The number of amides is 1. The summed E-state index contributed by atoms with van der Waals surface area (Å²) in [4.78, 5) is 12.1. The molecular weight excluding hydrogens is 310 g/mol. The van der Waals surface area contributed by atoms with Gasteiger partial charge in [-0.2, -0.15) is 8.42 Å². The fourth-order valence-corrected chi connectivity index (χ4v) is 1.93. The van der Waals surface area contributed by atoms with Crippen LogP contribution in [0.5, 0.6) is 0 Å². The Morgan fingerprint density at radius 2 is 1.73 bits per heavy atom. The van der Waals surface area contributed by atoms with E-state index in [9.17, 15) is 13.2 Å². The lowest BCUT2D eigenvalue weighted by Crippen LogP contribution is -2.38. The van der Waals surface area contributed by atoms with Crippen molar-refractivity contribution in [1.29, 1.82) is 0 Å². The van der Waals surface area contributed by atoms with Crippen molar-refractivity contribution in [3.05, 3.63) is 29.8 Å². The molecule has 124 valence electrons. The van der Waals surface area contributed by atoms with Crippen LogP contribution < -0.4 is 5.06 Å². The standard InChI is InChI=1S/C14H21NO6S/c1-14(2,3)20-13(16)15(21-22(5,17)18)12-8-6-11(7-9-12)10-19-4/h6-9H,10H2,1-5H3. The summed E-state index contributed by atoms with van der Waals surface area (Å²) in [6, 6.07) is 6.48. The number of rotatable bonds is 5. The van der Waals surface area contributed by atoms with Gasteiger partial charge in [0.05, 0.1) is 18.6 Å². The van der Waals surface area contributed by atoms with E-state index in [-0.39, 0.29) is 5.69 Å². The van der Waals surface area contributed by atoms with E-state index >= 15 is 0 Å². The molecule has 0 bridgehead atoms. The fraction of sp³-hybridized carbons (Fsp3) is 0.500. The maximum atomic E-state index is 12.1. The van der Waals surface area contributed by atoms with E-state index in [0.717, 1.165) is 11.8 Å². The molecule has 0 unspecified atom stereocenters. The molecule has 1 rings (SSSR count). The number of anilines is 1. The Labute approximate surface area is 130 Å². The van der Waals surface area contributed by atoms with E-state index in [4.69, 9.17) is 13.8 Å². The number of methoxy groups -OCH3 is 1. The lowest BCUT2D eigenvalue weighted by atomic mass is 10.2. The number of carbonyl (C=O) groups excluding carboxylic acids is 1. The number of nitrogens with zero attached hydrogens (tertiary/aromatic N) is 1. The van der Waals surface area contributed by atoms with Gasteiger partial charge in [0.15, 0.2) is 0 Å². The Kier molecular flexibility index (Phi) is 5.92. The third-order valence-corrected chi connectivity index (χ3v) is 2.67. The molecule has 0 heterocycles. The van der Waals surface area contributed by atoms with Gasteiger partial charge in [-0.3, -0.25) is 0 Å². The molecular formula is C14H21NO6S. The Hall–Kier alpha value is -1.64. The zero-order valence-corrected chi connectivity index (χ0v) is 14.1. The second-order valence-corrected chi connectivity index (χ2v) is 7.21. The molecule has 1 amide bonds. The highest BCUT2D eigenvalue weighted by atomic mass is 32.2. The number of hydrogen-bond donors (Lipinski definition) is 0. The van der Waals surface area contributed by atoms with Gasteiger partial charge in [-0.25, -0.2) is 4.79 Å². The fourth-order valence-electron chi connectivity index (χ4n) is 1.51. The molecule has 0 spiro atoms. The van der Waals surface area contributed by atoms with Crippen LogP contribution in [0.1, 0.15) is 26.3 Å². The molecule has 0 N–H and O–H groups in total. The molecule has 0 saturated carbocycles. The van der Waals surface area contributed by atoms with Gasteiger partial charge in [-0.15, -0.1) is 9.35 Å². The van der Waals surface area contributed by atoms with E-state index in [1.54, 1.807) is 52.1 Å². The first-order valence-corrected chi connectivity index (χ1v) is 8.34. The summed E-state index contributed by atoms with van der Waals surface area (Å²) in [5.74, 6) is 0. The normalized spacial score (nSPS) is 12.0. The van der Waals surface area contributed by atoms with Crippen molar-refractivity contribution in [2.75, 3.05) is 18.4 Å². The van der Waals surface area contributed by atoms with Crippen LogP contribution in [-0.2, 0) is 30.5 Å². The number of hydrogen-bond acceptors (Lipinski definition) is 6. The highest BCUT2D eigenvalue weighted by Crippen LogP contribution is 2.21. The quantitative estimate of drug-likeness (QED) is 0.771. The molecule has 0 aliphatic rings. The highest BCUT2D eigenvalue weighted by Gasteiger charge is 2.27. The molecule has 22 heavy (non-hydrogen) atoms. The molecule has 0 aromatic heterocycles. The monoisotopic (exact) mass is 331 g/mol. The summed E-state index contributed by atoms with van der Waals surface area (Å²) < 4.78 is 37.6. The van der Waals surface area contributed by atoms with Gasteiger partial charge >= 0.3 is 6.09 Å². The third-order valence-electron chi connectivity index (χ3n) is 2.25. The van der Waals surface area contributed by atoms with Gasteiger partial charge in [0.1, 0.15) is 5.60 Å². The molecule has 8 heteroatoms. The predicted molar refractivity (Wildman–Crippen MR) is 81.8 cm³/mol. The van der Waals surface area contributed by atoms with Crippen LogP contribution in [0.15, 0.2) is 24.3 Å². The second-order valence-electron chi connectivity index (χ2n) is 5.65. The van der Waals surface area contributed by atoms with Crippen LogP contribution in [0, 0.1) is 0 Å². The largest absolute Gasteiger partial charge is 0.442 e. The lowest BCUT2D eigenvalue weighted by Gasteiger charge is -2.25. The molecule has 0 fully saturated rings. The van der Waals surface area contributed by atoms with Crippen LogP contribution in [0.3, 0.4) is 0 Å². The molecule has 1 aromatic carbocycles. The Bertz CT molecular complexity index is 603. The Balaban J connectivity index is 3.06. The molecule has 0 atom stereocenters. The maximum Gasteiger partial charge on any atom is 0.440 e. The molecule has 0 aliphatic heterocycles. The SMILES string of the molecule is COCc1ccc(N(OS(C)(=O)=O)C(=O)OC(C)(C)C)cc1. The topological polar surface area (TPSA) is 82.1 Å². The Morgan fingerprint density at radius 1 is 1.18 bits per heavy atom. The first-order valence-electron chi connectivity index (χ1n) is 6.52. The van der Waals surface area contributed by atoms with Crippen molar-refractivity contribution >= 4 is 21.9 Å². The van der Waals surface area contributed by atoms with Crippen molar-refractivity contribution in [3.8, 4) is 0 Å². The van der Waals surface area contributed by atoms with E-state index in [1.807, 2.05) is 0 Å². The van der Waals surface area contributed by atoms with Crippen molar-refractivity contribution in [1.82, 2.24) is 0 Å². The minimum atomic E-state index is -3.89. The van der Waals surface area contributed by atoms with Crippen molar-refractivity contribution in [2.24, 2.45) is 0 Å². The average molecular weight is 331 g/mol. The summed E-state index contributed by atoms with van der Waals surface area (Å²) in [6.07, 6.45) is -0.0682. The minimum absolute atomic E-state index is 0.236. The second kappa shape index (κ2) is 7.08. The summed E-state index contributed by atoms with van der Waals surface area (Å²) in [5, 5.41) is 0.608. The molecule has 0 radical (unpaired) electrons. The van der Waals surface area contributed by atoms with Crippen LogP contribution >= 0.6 is 0 Å². The summed E-state index contributed by atoms with van der Waals surface area (Å²) in [6.45, 7) is 5.42. The van der Waals surface area contributed by atoms with Crippen LogP contribution in [-0.4, -0.2) is 33.5 Å². The first kappa shape index (κ1) is 18.4. The van der Waals surface area contributed by atoms with Crippen molar-refractivity contribution < 1.29 is 27.0 Å². The van der Waals surface area contributed by atoms with Gasteiger partial charge < -0.3 is 9.47 Å². The average Bonchev–Trinajstić information content (AvgIpc) is 2.34. The number of carbonyl (C=O) groups is 1. The predicted octanol–water partition coefficient (Wildman–Crippen LogP) is 2.47. The van der Waals surface area contributed by atoms with E-state index in [0.29, 0.717) is 11.7 Å². The van der Waals surface area contributed by atoms with E-state index in [2.05, 4.69) is 0 Å². The van der Waals surface area contributed by atoms with Gasteiger partial charge in [-0.1, -0.05) is 12.1 Å². The van der Waals surface area contributed by atoms with Crippen LogP contribution in [0.2, 0.25) is 0 Å². The molecule has 0 aliphatic carbocycles. The Morgan fingerprint density at radius 3 is 2.14 bits per heavy atom. The highest BCUT2D eigenvalue weighted by molar-refractivity contribution is 7.86. The van der Waals surface area contributed by atoms with Gasteiger partial charge in [0.2, 0.25) is 0 Å². The zero-order valence-electron chi connectivity index (χ0n) is 13.3. The van der Waals surface area contributed by atoms with E-state index in [1.165, 1.54) is 0 Å². The molecule has 7 nitrogen and oxygen atoms in total. The molecule has 1 aromatic rings. The van der Waals surface area contributed by atoms with E-state index < -0.39 is 21.8 Å². The van der Waals surface area contributed by atoms with Crippen molar-refractivity contribution in [3.63, 3.8) is 0 Å². The van der Waals surface area contributed by atoms with Gasteiger partial charge in [-0.05, 0) is 38.5 Å². The zero-order chi connectivity index (χ0) is 17.0. The summed E-state index contributed by atoms with van der Waals surface area (Å²) >= 11 is 0. The summed E-state index contributed by atoms with van der Waals surface area (Å²) in [7, 11) is -2.33. The minimum Gasteiger partial charge on any atom is -0.442 e. The number of benzene rings is 1. The number of hydroxylamine groups is 1. The first-order chi connectivity index (χ1) is 10.0.